The summed E-state index contributed by atoms with van der Waals surface area (Å²) in [5.41, 5.74) is 0.00712. The summed E-state index contributed by atoms with van der Waals surface area (Å²) >= 11 is 5.96. The molecule has 126 valence electrons. The second-order valence-electron chi connectivity index (χ2n) is 5.54. The predicted molar refractivity (Wildman–Crippen MR) is 90.4 cm³/mol. The Morgan fingerprint density at radius 2 is 2.08 bits per heavy atom. The van der Waals surface area contributed by atoms with Crippen LogP contribution in [0, 0.1) is 21.4 Å². The minimum absolute atomic E-state index is 0.0874. The smallest absolute Gasteiger partial charge is 0.271 e. The van der Waals surface area contributed by atoms with Crippen molar-refractivity contribution in [2.75, 3.05) is 5.32 Å². The summed E-state index contributed by atoms with van der Waals surface area (Å²) in [7, 11) is 0. The summed E-state index contributed by atoms with van der Waals surface area (Å²) in [5, 5.41) is 25.7. The van der Waals surface area contributed by atoms with Crippen LogP contribution in [0.15, 0.2) is 30.0 Å². The summed E-state index contributed by atoms with van der Waals surface area (Å²) in [5.74, 6) is -0.460. The maximum Gasteiger partial charge on any atom is 0.271 e. The van der Waals surface area contributed by atoms with Crippen LogP contribution in [0.1, 0.15) is 32.1 Å². The SMILES string of the molecule is N#C/C(=C/Nc1cc([N+](=O)[O-])ccc1Cl)C(=O)NC1CCCCC1. The first-order chi connectivity index (χ1) is 11.5. The normalized spacial score (nSPS) is 15.4. The maximum atomic E-state index is 12.1. The third-order valence-electron chi connectivity index (χ3n) is 3.84. The summed E-state index contributed by atoms with van der Waals surface area (Å²) in [6, 6.07) is 5.81. The molecule has 2 N–H and O–H groups in total. The molecule has 1 aliphatic rings. The van der Waals surface area contributed by atoms with Crippen molar-refractivity contribution in [3.8, 4) is 6.07 Å². The minimum atomic E-state index is -0.549. The molecule has 1 fully saturated rings. The fourth-order valence-corrected chi connectivity index (χ4v) is 2.72. The van der Waals surface area contributed by atoms with Crippen LogP contribution in [-0.4, -0.2) is 16.9 Å². The van der Waals surface area contributed by atoms with Crippen molar-refractivity contribution in [2.45, 2.75) is 38.1 Å². The molecule has 24 heavy (non-hydrogen) atoms. The molecule has 0 radical (unpaired) electrons. The molecule has 7 nitrogen and oxygen atoms in total. The Hall–Kier alpha value is -2.59. The third-order valence-corrected chi connectivity index (χ3v) is 4.17. The third kappa shape index (κ3) is 4.70. The van der Waals surface area contributed by atoms with Gasteiger partial charge in [-0.2, -0.15) is 5.26 Å². The van der Waals surface area contributed by atoms with Crippen molar-refractivity contribution < 1.29 is 9.72 Å². The second kappa shape index (κ2) is 8.31. The van der Waals surface area contributed by atoms with Gasteiger partial charge >= 0.3 is 0 Å². The van der Waals surface area contributed by atoms with Crippen LogP contribution in [0.5, 0.6) is 0 Å². The van der Waals surface area contributed by atoms with Crippen molar-refractivity contribution in [1.82, 2.24) is 5.32 Å². The van der Waals surface area contributed by atoms with Crippen LogP contribution in [-0.2, 0) is 4.79 Å². The van der Waals surface area contributed by atoms with E-state index in [2.05, 4.69) is 10.6 Å². The number of amides is 1. The standard InChI is InChI=1S/C16H17ClN4O3/c17-14-7-6-13(21(23)24)8-15(14)19-10-11(9-18)16(22)20-12-4-2-1-3-5-12/h6-8,10,12,19H,1-5H2,(H,20,22)/b11-10-. The highest BCUT2D eigenvalue weighted by atomic mass is 35.5. The zero-order chi connectivity index (χ0) is 17.5. The lowest BCUT2D eigenvalue weighted by Crippen LogP contribution is -2.37. The molecule has 0 spiro atoms. The van der Waals surface area contributed by atoms with Gasteiger partial charge in [0, 0.05) is 24.4 Å². The van der Waals surface area contributed by atoms with Crippen LogP contribution in [0.2, 0.25) is 5.02 Å². The number of halogens is 1. The number of anilines is 1. The molecule has 1 aliphatic carbocycles. The van der Waals surface area contributed by atoms with Gasteiger partial charge in [-0.25, -0.2) is 0 Å². The summed E-state index contributed by atoms with van der Waals surface area (Å²) in [6.45, 7) is 0. The van der Waals surface area contributed by atoms with Gasteiger partial charge < -0.3 is 10.6 Å². The van der Waals surface area contributed by atoms with E-state index in [9.17, 15) is 14.9 Å². The number of nitro benzene ring substituents is 1. The molecule has 0 saturated heterocycles. The number of hydrogen-bond acceptors (Lipinski definition) is 5. The van der Waals surface area contributed by atoms with Gasteiger partial charge in [0.2, 0.25) is 0 Å². The Kier molecular flexibility index (Phi) is 6.15. The highest BCUT2D eigenvalue weighted by Gasteiger charge is 2.18. The molecule has 0 heterocycles. The molecule has 0 unspecified atom stereocenters. The van der Waals surface area contributed by atoms with Gasteiger partial charge in [0.05, 0.1) is 15.6 Å². The topological polar surface area (TPSA) is 108 Å². The fourth-order valence-electron chi connectivity index (χ4n) is 2.55. The first-order valence-electron chi connectivity index (χ1n) is 7.63. The molecule has 2 rings (SSSR count). The van der Waals surface area contributed by atoms with Crippen molar-refractivity contribution in [1.29, 1.82) is 5.26 Å². The number of carbonyl (C=O) groups is 1. The average Bonchev–Trinajstić information content (AvgIpc) is 2.57. The highest BCUT2D eigenvalue weighted by Crippen LogP contribution is 2.26. The summed E-state index contributed by atoms with van der Waals surface area (Å²) in [6.07, 6.45) is 6.34. The molecular weight excluding hydrogens is 332 g/mol. The highest BCUT2D eigenvalue weighted by molar-refractivity contribution is 6.33. The van der Waals surface area contributed by atoms with Gasteiger partial charge in [-0.15, -0.1) is 0 Å². The minimum Gasteiger partial charge on any atom is -0.359 e. The molecule has 1 amide bonds. The van der Waals surface area contributed by atoms with Gasteiger partial charge in [0.25, 0.3) is 11.6 Å². The first kappa shape index (κ1) is 17.8. The lowest BCUT2D eigenvalue weighted by atomic mass is 9.95. The molecule has 0 aliphatic heterocycles. The van der Waals surface area contributed by atoms with E-state index in [1.165, 1.54) is 30.8 Å². The first-order valence-corrected chi connectivity index (χ1v) is 8.00. The van der Waals surface area contributed by atoms with Gasteiger partial charge in [-0.3, -0.25) is 14.9 Å². The fraction of sp³-hybridized carbons (Fsp3) is 0.375. The average molecular weight is 349 g/mol. The monoisotopic (exact) mass is 348 g/mol. The van der Waals surface area contributed by atoms with Crippen LogP contribution < -0.4 is 10.6 Å². The van der Waals surface area contributed by atoms with Gasteiger partial charge in [-0.1, -0.05) is 30.9 Å². The number of hydrogen-bond donors (Lipinski definition) is 2. The number of nitrogens with one attached hydrogen (secondary N) is 2. The van der Waals surface area contributed by atoms with Crippen LogP contribution in [0.25, 0.3) is 0 Å². The van der Waals surface area contributed by atoms with E-state index in [0.717, 1.165) is 25.7 Å². The summed E-state index contributed by atoms with van der Waals surface area (Å²) in [4.78, 5) is 22.4. The van der Waals surface area contributed by atoms with E-state index in [0.29, 0.717) is 0 Å². The number of carbonyl (C=O) groups excluding carboxylic acids is 1. The van der Waals surface area contributed by atoms with E-state index in [1.54, 1.807) is 0 Å². The Balaban J connectivity index is 2.07. The molecule has 1 saturated carbocycles. The van der Waals surface area contributed by atoms with E-state index in [-0.39, 0.29) is 28.0 Å². The Morgan fingerprint density at radius 3 is 2.71 bits per heavy atom. The Morgan fingerprint density at radius 1 is 1.38 bits per heavy atom. The predicted octanol–water partition coefficient (Wildman–Crippen LogP) is 3.52. The van der Waals surface area contributed by atoms with Crippen LogP contribution >= 0.6 is 11.6 Å². The van der Waals surface area contributed by atoms with E-state index in [1.807, 2.05) is 6.07 Å². The lowest BCUT2D eigenvalue weighted by Gasteiger charge is -2.22. The second-order valence-corrected chi connectivity index (χ2v) is 5.95. The number of nitro groups is 1. The van der Waals surface area contributed by atoms with Crippen molar-refractivity contribution in [3.05, 3.63) is 45.1 Å². The largest absolute Gasteiger partial charge is 0.359 e. The zero-order valence-corrected chi connectivity index (χ0v) is 13.7. The maximum absolute atomic E-state index is 12.1. The van der Waals surface area contributed by atoms with Crippen LogP contribution in [0.3, 0.4) is 0 Å². The van der Waals surface area contributed by atoms with Gasteiger partial charge in [0.1, 0.15) is 11.6 Å². The quantitative estimate of drug-likeness (QED) is 0.366. The van der Waals surface area contributed by atoms with Crippen molar-refractivity contribution in [2.24, 2.45) is 0 Å². The summed E-state index contributed by atoms with van der Waals surface area (Å²) < 4.78 is 0. The number of rotatable bonds is 5. The molecule has 0 atom stereocenters. The number of nitrogens with zero attached hydrogens (tertiary/aromatic N) is 2. The Bertz CT molecular complexity index is 706. The molecule has 1 aromatic carbocycles. The van der Waals surface area contributed by atoms with Gasteiger partial charge in [-0.05, 0) is 18.9 Å². The molecule has 0 aromatic heterocycles. The van der Waals surface area contributed by atoms with E-state index in [4.69, 9.17) is 16.9 Å². The lowest BCUT2D eigenvalue weighted by molar-refractivity contribution is -0.384. The Labute approximate surface area is 144 Å². The van der Waals surface area contributed by atoms with Crippen molar-refractivity contribution in [3.63, 3.8) is 0 Å². The number of non-ortho nitro benzene ring substituents is 1. The molecular formula is C16H17ClN4O3. The molecule has 0 bridgehead atoms. The molecule has 1 aromatic rings. The molecule has 8 heteroatoms. The van der Waals surface area contributed by atoms with Crippen LogP contribution in [0.4, 0.5) is 11.4 Å². The van der Waals surface area contributed by atoms with Gasteiger partial charge in [0.15, 0.2) is 0 Å². The zero-order valence-electron chi connectivity index (χ0n) is 12.9. The van der Waals surface area contributed by atoms with E-state index < -0.39 is 10.8 Å². The van der Waals surface area contributed by atoms with E-state index >= 15 is 0 Å². The number of nitriles is 1. The number of benzene rings is 1. The van der Waals surface area contributed by atoms with Crippen molar-refractivity contribution >= 4 is 28.9 Å².